The zero-order valence-corrected chi connectivity index (χ0v) is 9.08. The van der Waals surface area contributed by atoms with Crippen LogP contribution in [-0.4, -0.2) is 5.60 Å². The molecular formula is C14H14O. The molecule has 0 saturated heterocycles. The van der Waals surface area contributed by atoms with Crippen LogP contribution in [0.3, 0.4) is 0 Å². The van der Waals surface area contributed by atoms with E-state index in [1.165, 1.54) is 16.3 Å². The molecule has 0 spiro atoms. The molecule has 0 atom stereocenters. The maximum Gasteiger partial charge on any atom is 0.128 e. The Kier molecular flexibility index (Phi) is 1.61. The van der Waals surface area contributed by atoms with Crippen LogP contribution in [0.4, 0.5) is 0 Å². The number of rotatable bonds is 0. The second-order valence-electron chi connectivity index (χ2n) is 4.81. The van der Waals surface area contributed by atoms with E-state index >= 15 is 0 Å². The van der Waals surface area contributed by atoms with Gasteiger partial charge in [0.15, 0.2) is 0 Å². The van der Waals surface area contributed by atoms with E-state index in [4.69, 9.17) is 4.74 Å². The van der Waals surface area contributed by atoms with E-state index in [1.54, 1.807) is 0 Å². The van der Waals surface area contributed by atoms with Crippen LogP contribution in [0.5, 0.6) is 5.75 Å². The molecular weight excluding hydrogens is 184 g/mol. The molecule has 2 aromatic rings. The second-order valence-corrected chi connectivity index (χ2v) is 4.81. The molecule has 0 unspecified atom stereocenters. The van der Waals surface area contributed by atoms with Crippen molar-refractivity contribution in [2.24, 2.45) is 0 Å². The summed E-state index contributed by atoms with van der Waals surface area (Å²) in [7, 11) is 0. The predicted molar refractivity (Wildman–Crippen MR) is 62.4 cm³/mol. The summed E-state index contributed by atoms with van der Waals surface area (Å²) in [4.78, 5) is 0. The van der Waals surface area contributed by atoms with Gasteiger partial charge in [0.25, 0.3) is 0 Å². The molecule has 1 heteroatoms. The second kappa shape index (κ2) is 2.75. The van der Waals surface area contributed by atoms with Crippen molar-refractivity contribution in [3.05, 3.63) is 42.0 Å². The molecule has 0 amide bonds. The summed E-state index contributed by atoms with van der Waals surface area (Å²) in [5, 5.41) is 2.57. The fraction of sp³-hybridized carbons (Fsp3) is 0.286. The predicted octanol–water partition coefficient (Wildman–Crippen LogP) is 3.55. The Hall–Kier alpha value is -1.50. The molecule has 0 N–H and O–H groups in total. The van der Waals surface area contributed by atoms with Gasteiger partial charge in [0.1, 0.15) is 11.4 Å². The number of hydrogen-bond acceptors (Lipinski definition) is 1. The van der Waals surface area contributed by atoms with Gasteiger partial charge in [-0.3, -0.25) is 0 Å². The van der Waals surface area contributed by atoms with Gasteiger partial charge in [-0.1, -0.05) is 30.3 Å². The van der Waals surface area contributed by atoms with E-state index in [-0.39, 0.29) is 5.60 Å². The molecule has 0 fully saturated rings. The van der Waals surface area contributed by atoms with Crippen molar-refractivity contribution in [1.82, 2.24) is 0 Å². The van der Waals surface area contributed by atoms with Gasteiger partial charge >= 0.3 is 0 Å². The summed E-state index contributed by atoms with van der Waals surface area (Å²) in [5.74, 6) is 1.03. The van der Waals surface area contributed by atoms with Crippen LogP contribution in [-0.2, 0) is 6.42 Å². The van der Waals surface area contributed by atoms with Crippen LogP contribution in [0, 0.1) is 0 Å². The van der Waals surface area contributed by atoms with Gasteiger partial charge in [0.2, 0.25) is 0 Å². The van der Waals surface area contributed by atoms with Crippen molar-refractivity contribution in [3.8, 4) is 5.75 Å². The molecule has 0 saturated carbocycles. The molecule has 76 valence electrons. The first kappa shape index (κ1) is 8.78. The van der Waals surface area contributed by atoms with Gasteiger partial charge in [-0.05, 0) is 30.9 Å². The van der Waals surface area contributed by atoms with Crippen LogP contribution >= 0.6 is 0 Å². The Morgan fingerprint density at radius 1 is 1.07 bits per heavy atom. The van der Waals surface area contributed by atoms with Gasteiger partial charge in [-0.15, -0.1) is 0 Å². The van der Waals surface area contributed by atoms with E-state index in [2.05, 4.69) is 50.2 Å². The summed E-state index contributed by atoms with van der Waals surface area (Å²) in [6.45, 7) is 4.28. The van der Waals surface area contributed by atoms with Crippen molar-refractivity contribution in [3.63, 3.8) is 0 Å². The Labute approximate surface area is 89.7 Å². The zero-order chi connectivity index (χ0) is 10.5. The molecule has 1 aliphatic heterocycles. The van der Waals surface area contributed by atoms with Crippen LogP contribution in [0.25, 0.3) is 10.8 Å². The lowest BCUT2D eigenvalue weighted by Crippen LogP contribution is -2.33. The van der Waals surface area contributed by atoms with Gasteiger partial charge in [0, 0.05) is 11.8 Å². The number of benzene rings is 2. The minimum atomic E-state index is -0.0807. The molecule has 0 aromatic heterocycles. The fourth-order valence-electron chi connectivity index (χ4n) is 2.41. The molecule has 1 aliphatic rings. The maximum absolute atomic E-state index is 5.99. The van der Waals surface area contributed by atoms with Gasteiger partial charge in [0.05, 0.1) is 0 Å². The Morgan fingerprint density at radius 2 is 1.80 bits per heavy atom. The maximum atomic E-state index is 5.99. The SMILES string of the molecule is CC1(C)Cc2cccc3cccc(c23)O1. The molecule has 3 rings (SSSR count). The van der Waals surface area contributed by atoms with E-state index in [1.807, 2.05) is 0 Å². The van der Waals surface area contributed by atoms with E-state index in [0.29, 0.717) is 0 Å². The minimum Gasteiger partial charge on any atom is -0.487 e. The molecule has 15 heavy (non-hydrogen) atoms. The summed E-state index contributed by atoms with van der Waals surface area (Å²) in [6, 6.07) is 12.7. The standard InChI is InChI=1S/C14H14O/c1-14(2)9-11-7-3-5-10-6-4-8-12(15-14)13(10)11/h3-8H,9H2,1-2H3. The van der Waals surface area contributed by atoms with Crippen molar-refractivity contribution >= 4 is 10.8 Å². The van der Waals surface area contributed by atoms with Crippen LogP contribution in [0.15, 0.2) is 36.4 Å². The van der Waals surface area contributed by atoms with Crippen LogP contribution in [0.2, 0.25) is 0 Å². The monoisotopic (exact) mass is 198 g/mol. The van der Waals surface area contributed by atoms with E-state index in [9.17, 15) is 0 Å². The number of hydrogen-bond donors (Lipinski definition) is 0. The fourth-order valence-corrected chi connectivity index (χ4v) is 2.41. The Bertz CT molecular complexity index is 483. The van der Waals surface area contributed by atoms with E-state index in [0.717, 1.165) is 12.2 Å². The topological polar surface area (TPSA) is 9.23 Å². The summed E-state index contributed by atoms with van der Waals surface area (Å²) in [6.07, 6.45) is 0.987. The van der Waals surface area contributed by atoms with Crippen molar-refractivity contribution < 1.29 is 4.74 Å². The highest BCUT2D eigenvalue weighted by molar-refractivity contribution is 5.92. The van der Waals surface area contributed by atoms with Gasteiger partial charge in [-0.2, -0.15) is 0 Å². The molecule has 1 nitrogen and oxygen atoms in total. The highest BCUT2D eigenvalue weighted by Crippen LogP contribution is 2.37. The third-order valence-electron chi connectivity index (χ3n) is 2.96. The molecule has 2 aromatic carbocycles. The first-order valence-electron chi connectivity index (χ1n) is 5.35. The Balaban J connectivity index is 2.36. The highest BCUT2D eigenvalue weighted by atomic mass is 16.5. The lowest BCUT2D eigenvalue weighted by Gasteiger charge is -2.32. The summed E-state index contributed by atoms with van der Waals surface area (Å²) >= 11 is 0. The normalized spacial score (nSPS) is 17.5. The van der Waals surface area contributed by atoms with Gasteiger partial charge in [-0.25, -0.2) is 0 Å². The largest absolute Gasteiger partial charge is 0.487 e. The third kappa shape index (κ3) is 1.30. The lowest BCUT2D eigenvalue weighted by molar-refractivity contribution is 0.106. The summed E-state index contributed by atoms with van der Waals surface area (Å²) in [5.41, 5.74) is 1.32. The molecule has 0 bridgehead atoms. The molecule has 0 radical (unpaired) electrons. The molecule has 0 aliphatic carbocycles. The lowest BCUT2D eigenvalue weighted by atomic mass is 9.90. The smallest absolute Gasteiger partial charge is 0.128 e. The van der Waals surface area contributed by atoms with Crippen molar-refractivity contribution in [1.29, 1.82) is 0 Å². The minimum absolute atomic E-state index is 0.0807. The summed E-state index contributed by atoms with van der Waals surface area (Å²) < 4.78 is 5.99. The quantitative estimate of drug-likeness (QED) is 0.629. The van der Waals surface area contributed by atoms with Gasteiger partial charge < -0.3 is 4.74 Å². The molecule has 1 heterocycles. The van der Waals surface area contributed by atoms with Crippen LogP contribution < -0.4 is 4.74 Å². The Morgan fingerprint density at radius 3 is 2.60 bits per heavy atom. The first-order valence-corrected chi connectivity index (χ1v) is 5.35. The van der Waals surface area contributed by atoms with Crippen molar-refractivity contribution in [2.75, 3.05) is 0 Å². The average molecular weight is 198 g/mol. The highest BCUT2D eigenvalue weighted by Gasteiger charge is 2.27. The third-order valence-corrected chi connectivity index (χ3v) is 2.96. The zero-order valence-electron chi connectivity index (χ0n) is 9.08. The first-order chi connectivity index (χ1) is 7.16. The van der Waals surface area contributed by atoms with E-state index < -0.39 is 0 Å². The average Bonchev–Trinajstić information content (AvgIpc) is 2.16. The van der Waals surface area contributed by atoms with Crippen molar-refractivity contribution in [2.45, 2.75) is 25.9 Å². The number of ether oxygens (including phenoxy) is 1. The van der Waals surface area contributed by atoms with Crippen LogP contribution in [0.1, 0.15) is 19.4 Å².